The number of oxime groups is 1. The third-order valence-electron chi connectivity index (χ3n) is 3.06. The summed E-state index contributed by atoms with van der Waals surface area (Å²) in [6, 6.07) is 9.81. The molecule has 27 heavy (non-hydrogen) atoms. The molecule has 6 nitrogen and oxygen atoms in total. The Morgan fingerprint density at radius 3 is 2.52 bits per heavy atom. The monoisotopic (exact) mass is 408 g/mol. The maximum atomic E-state index is 11.5. The van der Waals surface area contributed by atoms with Gasteiger partial charge in [-0.2, -0.15) is 13.7 Å². The summed E-state index contributed by atoms with van der Waals surface area (Å²) in [6.45, 7) is 7.13. The first-order valence-electron chi connectivity index (χ1n) is 8.43. The lowest BCUT2D eigenvalue weighted by molar-refractivity contribution is 0.216. The van der Waals surface area contributed by atoms with E-state index < -0.39 is 10.1 Å². The van der Waals surface area contributed by atoms with Crippen LogP contribution >= 0.6 is 11.8 Å². The van der Waals surface area contributed by atoms with E-state index in [0.29, 0.717) is 17.0 Å². The summed E-state index contributed by atoms with van der Waals surface area (Å²) in [5.74, 6) is -0.0759. The Morgan fingerprint density at radius 2 is 1.96 bits per heavy atom. The van der Waals surface area contributed by atoms with Gasteiger partial charge in [0.15, 0.2) is 0 Å². The van der Waals surface area contributed by atoms with Gasteiger partial charge in [0, 0.05) is 11.0 Å². The topological polar surface area (TPSA) is 99.8 Å². The molecule has 0 atom stereocenters. The Balaban J connectivity index is 0.000000828. The number of allylic oxidation sites excluding steroid dienone is 2. The second kappa shape index (κ2) is 10.9. The van der Waals surface area contributed by atoms with Crippen molar-refractivity contribution in [2.75, 3.05) is 5.75 Å². The number of thioether (sulfide) groups is 1. The molecule has 146 valence electrons. The second-order valence-electron chi connectivity index (χ2n) is 5.96. The molecule has 8 heteroatoms. The molecule has 1 aromatic rings. The molecule has 0 radical (unpaired) electrons. The van der Waals surface area contributed by atoms with Crippen molar-refractivity contribution in [1.29, 1.82) is 5.26 Å². The van der Waals surface area contributed by atoms with Crippen LogP contribution in [0.15, 0.2) is 46.5 Å². The maximum Gasteiger partial charge on any atom is 0.328 e. The van der Waals surface area contributed by atoms with Gasteiger partial charge in [0.2, 0.25) is 0 Å². The minimum absolute atomic E-state index is 0.0759. The summed E-state index contributed by atoms with van der Waals surface area (Å²) in [5, 5.41) is 21.6. The van der Waals surface area contributed by atoms with Gasteiger partial charge in [0.05, 0.1) is 11.3 Å². The molecule has 0 bridgehead atoms. The number of rotatable bonds is 5. The highest BCUT2D eigenvalue weighted by atomic mass is 32.2. The number of aliphatic hydroxyl groups is 1. The molecule has 0 unspecified atom stereocenters. The van der Waals surface area contributed by atoms with Crippen molar-refractivity contribution in [2.45, 2.75) is 40.2 Å². The molecule has 2 rings (SSSR count). The normalized spacial score (nSPS) is 16.7. The first kappa shape index (κ1) is 23.0. The van der Waals surface area contributed by atoms with Crippen molar-refractivity contribution in [3.63, 3.8) is 0 Å². The van der Waals surface area contributed by atoms with Crippen molar-refractivity contribution in [1.82, 2.24) is 0 Å². The van der Waals surface area contributed by atoms with E-state index in [1.165, 1.54) is 11.8 Å². The smallest absolute Gasteiger partial charge is 0.328 e. The lowest BCUT2D eigenvalue weighted by atomic mass is 10.0. The molecule has 0 spiro atoms. The zero-order chi connectivity index (χ0) is 20.4. The van der Waals surface area contributed by atoms with Crippen molar-refractivity contribution in [3.05, 3.63) is 52.4 Å². The standard InChI is InChI=1S/C16H16N2O3S2.C3H8O/c1-3-10-23(19,20)21-18-16-9-8-15(22-16)14(11-17)13-7-5-4-6-12(13)2;1-3(2)4/h4-9H,3,10H2,1-2H3;3-4H,1-2H3/b15-14-,18-16+;. The quantitative estimate of drug-likeness (QED) is 0.584. The molecular formula is C19H24N2O4S2. The van der Waals surface area contributed by atoms with Crippen molar-refractivity contribution in [3.8, 4) is 6.07 Å². The predicted molar refractivity (Wildman–Crippen MR) is 110 cm³/mol. The summed E-state index contributed by atoms with van der Waals surface area (Å²) >= 11 is 1.21. The van der Waals surface area contributed by atoms with Gasteiger partial charge in [0.1, 0.15) is 11.1 Å². The van der Waals surface area contributed by atoms with Crippen molar-refractivity contribution in [2.24, 2.45) is 5.16 Å². The first-order valence-corrected chi connectivity index (χ1v) is 10.8. The minimum atomic E-state index is -3.64. The highest BCUT2D eigenvalue weighted by molar-refractivity contribution is 8.18. The molecule has 1 aliphatic rings. The van der Waals surface area contributed by atoms with Crippen LogP contribution in [0.3, 0.4) is 0 Å². The third-order valence-corrected chi connectivity index (χ3v) is 5.25. The van der Waals surface area contributed by atoms with Gasteiger partial charge in [-0.15, -0.1) is 0 Å². The van der Waals surface area contributed by atoms with Crippen LogP contribution in [0, 0.1) is 18.3 Å². The average molecular weight is 409 g/mol. The molecule has 0 saturated heterocycles. The molecule has 0 amide bonds. The van der Waals surface area contributed by atoms with E-state index in [0.717, 1.165) is 16.0 Å². The van der Waals surface area contributed by atoms with E-state index in [2.05, 4.69) is 15.5 Å². The van der Waals surface area contributed by atoms with Gasteiger partial charge >= 0.3 is 10.1 Å². The summed E-state index contributed by atoms with van der Waals surface area (Å²) < 4.78 is 27.6. The van der Waals surface area contributed by atoms with Gasteiger partial charge in [-0.25, -0.2) is 0 Å². The van der Waals surface area contributed by atoms with Crippen LogP contribution in [-0.4, -0.2) is 30.4 Å². The van der Waals surface area contributed by atoms with Gasteiger partial charge < -0.3 is 5.11 Å². The highest BCUT2D eigenvalue weighted by Crippen LogP contribution is 2.34. The van der Waals surface area contributed by atoms with Gasteiger partial charge in [-0.1, -0.05) is 48.1 Å². The number of hydrogen-bond donors (Lipinski definition) is 1. The number of aliphatic hydroxyl groups excluding tert-OH is 1. The Labute approximate surface area is 165 Å². The first-order chi connectivity index (χ1) is 12.7. The number of hydrogen-bond acceptors (Lipinski definition) is 7. The zero-order valence-corrected chi connectivity index (χ0v) is 17.5. The van der Waals surface area contributed by atoms with Crippen LogP contribution < -0.4 is 0 Å². The van der Waals surface area contributed by atoms with Crippen molar-refractivity contribution < 1.29 is 17.8 Å². The highest BCUT2D eigenvalue weighted by Gasteiger charge is 2.18. The summed E-state index contributed by atoms with van der Waals surface area (Å²) in [4.78, 5) is 0.719. The summed E-state index contributed by atoms with van der Waals surface area (Å²) in [5.41, 5.74) is 2.38. The number of nitrogens with zero attached hydrogens (tertiary/aromatic N) is 2. The molecule has 1 heterocycles. The number of benzene rings is 1. The third kappa shape index (κ3) is 7.99. The van der Waals surface area contributed by atoms with Crippen LogP contribution in [-0.2, 0) is 14.4 Å². The fraction of sp³-hybridized carbons (Fsp3) is 0.368. The Hall–Kier alpha value is -2.08. The lowest BCUT2D eigenvalue weighted by Gasteiger charge is -2.05. The second-order valence-corrected chi connectivity index (χ2v) is 8.70. The molecule has 1 N–H and O–H groups in total. The average Bonchev–Trinajstić information content (AvgIpc) is 3.04. The lowest BCUT2D eigenvalue weighted by Crippen LogP contribution is -2.06. The fourth-order valence-electron chi connectivity index (χ4n) is 1.99. The van der Waals surface area contributed by atoms with Gasteiger partial charge in [-0.05, 0) is 50.5 Å². The van der Waals surface area contributed by atoms with Gasteiger partial charge in [-0.3, -0.25) is 4.28 Å². The van der Waals surface area contributed by atoms with E-state index in [-0.39, 0.29) is 11.9 Å². The molecular weight excluding hydrogens is 384 g/mol. The van der Waals surface area contributed by atoms with Crippen LogP contribution in [0.5, 0.6) is 0 Å². The number of nitriles is 1. The van der Waals surface area contributed by atoms with E-state index >= 15 is 0 Å². The van der Waals surface area contributed by atoms with Crippen LogP contribution in [0.1, 0.15) is 38.3 Å². The minimum Gasteiger partial charge on any atom is -0.394 e. The molecule has 0 saturated carbocycles. The summed E-state index contributed by atoms with van der Waals surface area (Å²) in [6.07, 6.45) is 3.68. The Morgan fingerprint density at radius 1 is 1.33 bits per heavy atom. The summed E-state index contributed by atoms with van der Waals surface area (Å²) in [7, 11) is -3.64. The molecule has 0 aliphatic carbocycles. The van der Waals surface area contributed by atoms with Crippen LogP contribution in [0.25, 0.3) is 5.57 Å². The van der Waals surface area contributed by atoms with Crippen LogP contribution in [0.2, 0.25) is 0 Å². The Bertz CT molecular complexity index is 876. The molecule has 1 aromatic carbocycles. The van der Waals surface area contributed by atoms with E-state index in [1.54, 1.807) is 32.9 Å². The maximum absolute atomic E-state index is 11.5. The molecule has 1 aliphatic heterocycles. The van der Waals surface area contributed by atoms with E-state index in [4.69, 9.17) is 5.11 Å². The molecule has 0 aromatic heterocycles. The Kier molecular flexibility index (Phi) is 9.29. The van der Waals surface area contributed by atoms with E-state index in [1.807, 2.05) is 31.2 Å². The number of aryl methyl sites for hydroxylation is 1. The largest absolute Gasteiger partial charge is 0.394 e. The van der Waals surface area contributed by atoms with Crippen LogP contribution in [0.4, 0.5) is 0 Å². The van der Waals surface area contributed by atoms with Crippen molar-refractivity contribution >= 4 is 32.5 Å². The fourth-order valence-corrected chi connectivity index (χ4v) is 3.64. The predicted octanol–water partition coefficient (Wildman–Crippen LogP) is 3.99. The molecule has 0 fully saturated rings. The van der Waals surface area contributed by atoms with Gasteiger partial charge in [0.25, 0.3) is 0 Å². The SMILES string of the molecule is CC(C)O.CCCS(=O)(=O)O/N=C1C=C/C(=C(\C#N)c2ccccc2C)S\1. The van der Waals surface area contributed by atoms with E-state index in [9.17, 15) is 13.7 Å². The zero-order valence-electron chi connectivity index (χ0n) is 15.8.